The highest BCUT2D eigenvalue weighted by Gasteiger charge is 2.54. The minimum Gasteiger partial charge on any atom is -0.495 e. The summed E-state index contributed by atoms with van der Waals surface area (Å²) in [4.78, 5) is 75.3. The van der Waals surface area contributed by atoms with Gasteiger partial charge in [-0.1, -0.05) is 35.9 Å². The normalized spacial score (nSPS) is 22.0. The molecule has 4 aliphatic rings. The molecule has 5 N–H and O–H groups in total. The lowest BCUT2D eigenvalue weighted by Crippen LogP contribution is -2.61. The molecule has 0 bridgehead atoms. The Hall–Kier alpha value is -5.08. The van der Waals surface area contributed by atoms with Gasteiger partial charge in [0.15, 0.2) is 5.67 Å². The second-order valence-electron chi connectivity index (χ2n) is 20.0. The molecule has 4 amide bonds. The number of aryl methyl sites for hydroxylation is 1. The van der Waals surface area contributed by atoms with Crippen LogP contribution < -0.4 is 26.0 Å². The number of alkyl halides is 1. The molecule has 4 heterocycles. The highest BCUT2D eigenvalue weighted by atomic mass is 35.5. The number of hydrogen-bond donors (Lipinski definition) is 5. The molecule has 8 rings (SSSR count). The van der Waals surface area contributed by atoms with Crippen LogP contribution in [0.4, 0.5) is 21.8 Å². The van der Waals surface area contributed by atoms with Gasteiger partial charge < -0.3 is 40.9 Å². The third-order valence-electron chi connectivity index (χ3n) is 14.5. The van der Waals surface area contributed by atoms with Gasteiger partial charge in [-0.25, -0.2) is 14.4 Å². The maximum Gasteiger partial charge on any atom is 0.258 e. The fraction of sp³-hybridized carbons (Fsp3) is 0.549. The molecular formula is C51H66ClFN10O6S2. The first-order chi connectivity index (χ1) is 33.9. The molecule has 2 saturated heterocycles. The number of nitrogens with one attached hydrogen (secondary N) is 4. The van der Waals surface area contributed by atoms with Gasteiger partial charge in [-0.05, 0) is 113 Å². The molecule has 4 atom stereocenters. The molecule has 2 aromatic carbocycles. The van der Waals surface area contributed by atoms with Crippen LogP contribution in [-0.4, -0.2) is 146 Å². The SMILES string of the molecule is CNc1nc(Nc2ccc(C(=O)N3CCN(CC4CCC(CSC(C)(C)C(NC(=O)C5(F)CC5)C(=O)N5C[C@H](O)C[C@H]5C(=O)N[C@@H](C)c5ccc(-c6scnc6C)cc5)CC4)CC3)cc2OC)ncc1Cl. The Morgan fingerprint density at radius 1 is 1.01 bits per heavy atom. The van der Waals surface area contributed by atoms with E-state index in [2.05, 4.69) is 41.1 Å². The average Bonchev–Trinajstić information content (AvgIpc) is 3.78. The van der Waals surface area contributed by atoms with E-state index in [0.717, 1.165) is 72.8 Å². The van der Waals surface area contributed by atoms with E-state index < -0.39 is 46.3 Å². The molecule has 0 radical (unpaired) electrons. The number of thioether (sulfide) groups is 1. The summed E-state index contributed by atoms with van der Waals surface area (Å²) in [5.41, 5.74) is 3.84. The quantitative estimate of drug-likeness (QED) is 0.0670. The van der Waals surface area contributed by atoms with Crippen LogP contribution in [0.1, 0.15) is 93.4 Å². The minimum absolute atomic E-state index is 0.0508. The van der Waals surface area contributed by atoms with Gasteiger partial charge in [0.25, 0.3) is 11.8 Å². The van der Waals surface area contributed by atoms with E-state index in [-0.39, 0.29) is 37.8 Å². The lowest BCUT2D eigenvalue weighted by molar-refractivity contribution is -0.143. The number of thiazole rings is 1. The summed E-state index contributed by atoms with van der Waals surface area (Å²) >= 11 is 9.30. The molecule has 2 saturated carbocycles. The Morgan fingerprint density at radius 2 is 1.72 bits per heavy atom. The predicted molar refractivity (Wildman–Crippen MR) is 277 cm³/mol. The van der Waals surface area contributed by atoms with Crippen molar-refractivity contribution in [1.29, 1.82) is 0 Å². The number of carbonyl (C=O) groups is 4. The van der Waals surface area contributed by atoms with Crippen LogP contribution >= 0.6 is 34.7 Å². The average molecular weight is 1030 g/mol. The van der Waals surface area contributed by atoms with Gasteiger partial charge in [-0.2, -0.15) is 16.7 Å². The maximum absolute atomic E-state index is 15.2. The number of ether oxygens (including phenoxy) is 1. The summed E-state index contributed by atoms with van der Waals surface area (Å²) in [6.07, 6.45) is 4.98. The molecule has 2 aliphatic heterocycles. The van der Waals surface area contributed by atoms with Crippen LogP contribution in [0, 0.1) is 18.8 Å². The number of β-amino-alcohol motifs (C(OH)–C–C–N with tert-alkyl or cyclic N) is 1. The van der Waals surface area contributed by atoms with Crippen molar-refractivity contribution in [3.63, 3.8) is 0 Å². The van der Waals surface area contributed by atoms with Crippen LogP contribution in [0.3, 0.4) is 0 Å². The van der Waals surface area contributed by atoms with Gasteiger partial charge in [0.1, 0.15) is 28.7 Å². The van der Waals surface area contributed by atoms with Crippen LogP contribution in [0.2, 0.25) is 5.02 Å². The molecule has 20 heteroatoms. The Morgan fingerprint density at radius 3 is 2.37 bits per heavy atom. The number of aliphatic hydroxyl groups is 1. The first-order valence-electron chi connectivity index (χ1n) is 24.6. The smallest absolute Gasteiger partial charge is 0.258 e. The van der Waals surface area contributed by atoms with Crippen LogP contribution in [-0.2, 0) is 14.4 Å². The molecule has 2 aliphatic carbocycles. The number of hydrogen-bond acceptors (Lipinski definition) is 14. The molecule has 4 fully saturated rings. The number of aromatic nitrogens is 3. The monoisotopic (exact) mass is 1030 g/mol. The topological polar surface area (TPSA) is 194 Å². The summed E-state index contributed by atoms with van der Waals surface area (Å²) in [5.74, 6) is 1.22. The zero-order chi connectivity index (χ0) is 50.6. The molecule has 1 unspecified atom stereocenters. The molecular weight excluding hydrogens is 967 g/mol. The second kappa shape index (κ2) is 22.4. The Bertz CT molecular complexity index is 2550. The van der Waals surface area contributed by atoms with Crippen LogP contribution in [0.25, 0.3) is 10.4 Å². The number of benzene rings is 2. The molecule has 382 valence electrons. The zero-order valence-corrected chi connectivity index (χ0v) is 43.7. The fourth-order valence-corrected chi connectivity index (χ4v) is 12.1. The summed E-state index contributed by atoms with van der Waals surface area (Å²) in [5, 5.41) is 23.2. The number of amides is 4. The molecule has 4 aromatic rings. The van der Waals surface area contributed by atoms with E-state index in [9.17, 15) is 24.3 Å². The van der Waals surface area contributed by atoms with Crippen molar-refractivity contribution >= 4 is 75.8 Å². The summed E-state index contributed by atoms with van der Waals surface area (Å²) in [6.45, 7) is 11.4. The van der Waals surface area contributed by atoms with Gasteiger partial charge in [0, 0.05) is 63.0 Å². The van der Waals surface area contributed by atoms with E-state index in [1.807, 2.05) is 62.4 Å². The van der Waals surface area contributed by atoms with Crippen molar-refractivity contribution in [2.24, 2.45) is 11.8 Å². The van der Waals surface area contributed by atoms with E-state index in [0.29, 0.717) is 58.7 Å². The van der Waals surface area contributed by atoms with Crippen molar-refractivity contribution in [2.75, 3.05) is 69.8 Å². The van der Waals surface area contributed by atoms with Gasteiger partial charge in [0.2, 0.25) is 17.8 Å². The van der Waals surface area contributed by atoms with Gasteiger partial charge in [-0.3, -0.25) is 24.1 Å². The van der Waals surface area contributed by atoms with Gasteiger partial charge in [-0.15, -0.1) is 11.3 Å². The number of aliphatic hydroxyl groups excluding tert-OH is 1. The number of carbonyl (C=O) groups excluding carboxylic acids is 4. The van der Waals surface area contributed by atoms with Crippen LogP contribution in [0.5, 0.6) is 5.75 Å². The highest BCUT2D eigenvalue weighted by molar-refractivity contribution is 8.00. The first kappa shape index (κ1) is 52.2. The van der Waals surface area contributed by atoms with E-state index in [1.165, 1.54) is 11.1 Å². The first-order valence-corrected chi connectivity index (χ1v) is 26.8. The largest absolute Gasteiger partial charge is 0.495 e. The van der Waals surface area contributed by atoms with Crippen LogP contribution in [0.15, 0.2) is 54.2 Å². The fourth-order valence-electron chi connectivity index (χ4n) is 9.83. The minimum atomic E-state index is -2.00. The lowest BCUT2D eigenvalue weighted by atomic mass is 9.82. The number of nitrogens with zero attached hydrogens (tertiary/aromatic N) is 6. The zero-order valence-electron chi connectivity index (χ0n) is 41.3. The standard InChI is InChI=1S/C51H66ClFN10O6S2/c1-30(34-11-13-35(14-12-34)42-31(2)56-29-70-42)57-45(65)40-24-37(64)27-63(40)47(67)43(59-48(68)51(53)17-18-51)50(3,4)71-28-33-9-7-32(8-10-33)26-61-19-21-62(22-20-61)46(66)36-15-16-39(41(23-36)69-6)58-49-55-25-38(52)44(54-5)60-49/h11-16,23,25,29-30,32-33,37,40,43,64H,7-10,17-22,24,26-28H2,1-6H3,(H,57,65)(H,59,68)(H2,54,55,58,60)/t30-,32?,33?,37+,40-,43?/m0/s1. The van der Waals surface area contributed by atoms with Gasteiger partial charge in [0.05, 0.1) is 47.2 Å². The highest BCUT2D eigenvalue weighted by Crippen LogP contribution is 2.42. The van der Waals surface area contributed by atoms with Crippen molar-refractivity contribution in [1.82, 2.24) is 40.3 Å². The van der Waals surface area contributed by atoms with Gasteiger partial charge >= 0.3 is 0 Å². The number of rotatable bonds is 18. The van der Waals surface area contributed by atoms with Crippen molar-refractivity contribution in [2.45, 2.75) is 107 Å². The lowest BCUT2D eigenvalue weighted by Gasteiger charge is -2.40. The number of methoxy groups -OCH3 is 1. The summed E-state index contributed by atoms with van der Waals surface area (Å²) in [6, 6.07) is 10.7. The molecule has 16 nitrogen and oxygen atoms in total. The van der Waals surface area contributed by atoms with Crippen molar-refractivity contribution in [3.8, 4) is 16.2 Å². The summed E-state index contributed by atoms with van der Waals surface area (Å²) < 4.78 is 20.0. The molecule has 2 aromatic heterocycles. The van der Waals surface area contributed by atoms with E-state index in [1.54, 1.807) is 55.5 Å². The number of piperazine rings is 1. The Kier molecular flexibility index (Phi) is 16.5. The molecule has 71 heavy (non-hydrogen) atoms. The third kappa shape index (κ3) is 12.4. The summed E-state index contributed by atoms with van der Waals surface area (Å²) in [7, 11) is 3.28. The molecule has 0 spiro atoms. The second-order valence-corrected chi connectivity index (χ2v) is 22.9. The van der Waals surface area contributed by atoms with E-state index >= 15 is 4.39 Å². The predicted octanol–water partition coefficient (Wildman–Crippen LogP) is 7.26. The number of anilines is 3. The Balaban J connectivity index is 0.816. The van der Waals surface area contributed by atoms with Crippen molar-refractivity contribution < 1.29 is 33.4 Å². The van der Waals surface area contributed by atoms with E-state index in [4.69, 9.17) is 16.3 Å². The Labute approximate surface area is 428 Å². The number of likely N-dealkylation sites (tertiary alicyclic amines) is 1. The third-order valence-corrected chi connectivity index (χ3v) is 17.3. The van der Waals surface area contributed by atoms with Crippen molar-refractivity contribution in [3.05, 3.63) is 76.0 Å². The number of halogens is 2. The maximum atomic E-state index is 15.2.